The second-order valence-corrected chi connectivity index (χ2v) is 25.6. The highest BCUT2D eigenvalue weighted by molar-refractivity contribution is 7.40. The van der Waals surface area contributed by atoms with E-state index in [1.807, 2.05) is 78.9 Å². The van der Waals surface area contributed by atoms with Crippen LogP contribution in [0.15, 0.2) is 185 Å². The molecule has 526 valence electrons. The number of aromatic nitrogens is 8. The summed E-state index contributed by atoms with van der Waals surface area (Å²) in [5, 5.41) is 5.45. The summed E-state index contributed by atoms with van der Waals surface area (Å²) < 4.78 is 72.4. The Kier molecular flexibility index (Phi) is 22.8. The van der Waals surface area contributed by atoms with Gasteiger partial charge in [0.15, 0.2) is 17.0 Å². The van der Waals surface area contributed by atoms with Gasteiger partial charge < -0.3 is 76.5 Å². The number of aromatic amines is 1. The average molecular weight is 1420 g/mol. The van der Waals surface area contributed by atoms with E-state index in [1.54, 1.807) is 79.5 Å². The molecule has 3 fully saturated rings. The van der Waals surface area contributed by atoms with Gasteiger partial charge in [-0.3, -0.25) is 37.9 Å². The van der Waals surface area contributed by atoms with Gasteiger partial charge in [-0.2, -0.15) is 4.98 Å². The van der Waals surface area contributed by atoms with E-state index in [0.717, 1.165) is 10.1 Å². The molecular weight excluding hydrogens is 1350 g/mol. The Balaban J connectivity index is 0.813. The molecule has 0 radical (unpaired) electrons. The number of rotatable bonds is 29. The number of carbonyl (C=O) groups is 4. The highest BCUT2D eigenvalue weighted by atomic mass is 31.2. The molecule has 3 saturated heterocycles. The lowest BCUT2D eigenvalue weighted by molar-refractivity contribution is -0.153. The van der Waals surface area contributed by atoms with Crippen LogP contribution in [0.5, 0.6) is 11.5 Å². The third-order valence-corrected chi connectivity index (χ3v) is 18.7. The van der Waals surface area contributed by atoms with Gasteiger partial charge in [0.25, 0.3) is 17.4 Å². The van der Waals surface area contributed by atoms with Crippen molar-refractivity contribution in [2.75, 3.05) is 44.7 Å². The molecule has 32 heteroatoms. The third kappa shape index (κ3) is 16.7. The molecule has 3 aliphatic heterocycles. The summed E-state index contributed by atoms with van der Waals surface area (Å²) >= 11 is 0. The number of ketones is 1. The van der Waals surface area contributed by atoms with Gasteiger partial charge in [-0.15, -0.1) is 0 Å². The van der Waals surface area contributed by atoms with E-state index in [9.17, 15) is 43.3 Å². The van der Waals surface area contributed by atoms with Crippen molar-refractivity contribution in [3.05, 3.63) is 235 Å². The van der Waals surface area contributed by atoms with Gasteiger partial charge in [-0.25, -0.2) is 24.5 Å². The normalized spacial score (nSPS) is 21.0. The minimum Gasteiger partial charge on any atom is -0.497 e. The van der Waals surface area contributed by atoms with E-state index in [1.165, 1.54) is 49.5 Å². The van der Waals surface area contributed by atoms with Crippen molar-refractivity contribution in [2.24, 2.45) is 0 Å². The van der Waals surface area contributed by atoms with Crippen LogP contribution < -0.4 is 37.0 Å². The van der Waals surface area contributed by atoms with E-state index >= 15 is 0 Å². The number of ether oxygens (including phenoxy) is 7. The molecule has 3 unspecified atom stereocenters. The average Bonchev–Trinajstić information content (AvgIpc) is 1.71. The zero-order valence-corrected chi connectivity index (χ0v) is 56.6. The number of anilines is 2. The number of amides is 2. The topological polar surface area (TPSA) is 368 Å². The first-order valence-electron chi connectivity index (χ1n) is 32.0. The number of benzene rings is 5. The summed E-state index contributed by atoms with van der Waals surface area (Å²) in [6.45, 7) is 1.66. The fourth-order valence-corrected chi connectivity index (χ4v) is 13.5. The summed E-state index contributed by atoms with van der Waals surface area (Å²) in [4.78, 5) is 134. The number of nitrogens with zero attached hydrogens (tertiary/aromatic N) is 7. The van der Waals surface area contributed by atoms with E-state index in [-0.39, 0.29) is 72.9 Å². The van der Waals surface area contributed by atoms with Crippen molar-refractivity contribution in [1.82, 2.24) is 38.6 Å². The van der Waals surface area contributed by atoms with Gasteiger partial charge in [0.1, 0.15) is 78.1 Å². The summed E-state index contributed by atoms with van der Waals surface area (Å²) in [7, 11) is -2.66. The second kappa shape index (κ2) is 32.3. The van der Waals surface area contributed by atoms with Gasteiger partial charge >= 0.3 is 34.6 Å². The molecule has 101 heavy (non-hydrogen) atoms. The fraction of sp³-hybridized carbons (Fsp3) is 0.319. The molecule has 12 rings (SSSR count). The minimum absolute atomic E-state index is 0.0147. The molecule has 4 aromatic heterocycles. The molecule has 30 nitrogen and oxygen atoms in total. The fourth-order valence-electron chi connectivity index (χ4n) is 12.0. The van der Waals surface area contributed by atoms with Crippen LogP contribution in [0.2, 0.25) is 0 Å². The maximum absolute atomic E-state index is 14.0. The Bertz CT molecular complexity index is 4510. The van der Waals surface area contributed by atoms with Gasteiger partial charge in [0, 0.05) is 54.8 Å². The van der Waals surface area contributed by atoms with Gasteiger partial charge in [0.05, 0.1) is 59.0 Å². The highest BCUT2D eigenvalue weighted by Gasteiger charge is 2.47. The zero-order valence-electron chi connectivity index (χ0n) is 54.8. The lowest BCUT2D eigenvalue weighted by atomic mass is 9.80. The Hall–Kier alpha value is -9.65. The van der Waals surface area contributed by atoms with Crippen LogP contribution in [0.4, 0.5) is 11.6 Å². The number of imidazole rings is 1. The number of aryl methyl sites for hydroxylation is 1. The maximum atomic E-state index is 14.0. The summed E-state index contributed by atoms with van der Waals surface area (Å²) in [5.74, 6) is -0.638. The molecule has 0 spiro atoms. The van der Waals surface area contributed by atoms with Crippen LogP contribution in [0, 0.1) is 6.92 Å². The Labute approximate surface area is 578 Å². The minimum atomic E-state index is -2.91. The lowest BCUT2D eigenvalue weighted by Gasteiger charge is -2.37. The molecule has 0 saturated carbocycles. The van der Waals surface area contributed by atoms with Crippen LogP contribution in [-0.4, -0.2) is 143 Å². The quantitative estimate of drug-likeness (QED) is 0.0169. The number of carbonyl (C=O) groups excluding carboxylic acids is 4. The van der Waals surface area contributed by atoms with Crippen molar-refractivity contribution in [1.29, 1.82) is 0 Å². The second-order valence-electron chi connectivity index (χ2n) is 23.7. The van der Waals surface area contributed by atoms with Crippen molar-refractivity contribution in [2.45, 2.75) is 107 Å². The Morgan fingerprint density at radius 1 is 0.614 bits per heavy atom. The molecule has 5 aromatic carbocycles. The lowest BCUT2D eigenvalue weighted by Crippen LogP contribution is -2.38. The van der Waals surface area contributed by atoms with Crippen molar-refractivity contribution < 1.29 is 80.2 Å². The smallest absolute Gasteiger partial charge is 0.351 e. The van der Waals surface area contributed by atoms with Gasteiger partial charge in [-0.05, 0) is 85.1 Å². The molecule has 9 aromatic rings. The van der Waals surface area contributed by atoms with Crippen LogP contribution in [0.1, 0.15) is 101 Å². The van der Waals surface area contributed by atoms with Gasteiger partial charge in [-0.1, -0.05) is 91.0 Å². The SMILES string of the molecule is COc1ccc(C(OC[C@H]2O[C@@H](n3ccc(NC(=O)c4ccccc4)nc3=O)C[C@@H]2OP(O)OC[C@H]2O[C@@H](n3cnc4c(NC(=O)c5ccccc5)ncnc43)C[C@@H]2OP(O)OC[C@H]2OC(n3cc(C)c(=O)[nH]c3=O)C[C@@H]2OC(=O)CCC(C)=O)(c2ccccc2)c2ccc(OC)cc2)cc1. The number of Topliss-reactive ketones (excluding diaryl/α,β-unsaturated/α-hetero) is 1. The van der Waals surface area contributed by atoms with E-state index in [0.29, 0.717) is 33.8 Å². The van der Waals surface area contributed by atoms with Crippen LogP contribution >= 0.6 is 17.2 Å². The van der Waals surface area contributed by atoms with Crippen molar-refractivity contribution in [3.63, 3.8) is 0 Å². The number of H-pyrrole nitrogens is 1. The zero-order chi connectivity index (χ0) is 70.7. The third-order valence-electron chi connectivity index (χ3n) is 17.1. The molecule has 5 N–H and O–H groups in total. The van der Waals surface area contributed by atoms with Crippen LogP contribution in [0.3, 0.4) is 0 Å². The molecule has 2 amide bonds. The molecule has 11 atom stereocenters. The summed E-state index contributed by atoms with van der Waals surface area (Å²) in [5.41, 5.74) is -0.0701. The predicted molar refractivity (Wildman–Crippen MR) is 362 cm³/mol. The number of hydrogen-bond acceptors (Lipinski definition) is 24. The first-order chi connectivity index (χ1) is 48.9. The van der Waals surface area contributed by atoms with Crippen LogP contribution in [-0.2, 0) is 57.0 Å². The van der Waals surface area contributed by atoms with E-state index in [4.69, 9.17) is 51.3 Å². The number of hydrogen-bond donors (Lipinski definition) is 5. The largest absolute Gasteiger partial charge is 0.497 e. The molecule has 3 aliphatic rings. The maximum Gasteiger partial charge on any atom is 0.351 e. The van der Waals surface area contributed by atoms with Crippen molar-refractivity contribution >= 4 is 63.6 Å². The van der Waals surface area contributed by atoms with E-state index in [2.05, 4.69) is 35.6 Å². The molecule has 7 heterocycles. The Morgan fingerprint density at radius 3 is 1.69 bits per heavy atom. The van der Waals surface area contributed by atoms with Crippen molar-refractivity contribution in [3.8, 4) is 11.5 Å². The monoisotopic (exact) mass is 1420 g/mol. The molecule has 0 aliphatic carbocycles. The number of methoxy groups -OCH3 is 2. The molecule has 0 bridgehead atoms. The highest BCUT2D eigenvalue weighted by Crippen LogP contribution is 2.48. The number of nitrogens with one attached hydrogen (secondary N) is 3. The summed E-state index contributed by atoms with van der Waals surface area (Å²) in [6, 6.07) is 42.6. The van der Waals surface area contributed by atoms with E-state index < -0.39 is 126 Å². The number of fused-ring (bicyclic) bond motifs is 1. The number of esters is 1. The Morgan fingerprint density at radius 2 is 1.13 bits per heavy atom. The predicted octanol–water partition coefficient (Wildman–Crippen LogP) is 7.86. The van der Waals surface area contributed by atoms with Crippen LogP contribution in [0.25, 0.3) is 11.2 Å². The molecular formula is C69H70N10O20P2. The first-order valence-corrected chi connectivity index (χ1v) is 34.2. The first kappa shape index (κ1) is 71.2. The van der Waals surface area contributed by atoms with Gasteiger partial charge in [0.2, 0.25) is 0 Å². The standard InChI is InChI=1S/C69H70N10O20P2/c1-41-35-78(68(86)76-64(41)82)58-32-50(97-60(81)29-20-42(2)80)54(95-58)37-92-100(87)99-52-34-59(79-40-72-61-62(70-39-71-63(61)79)75-66(84)44-16-10-6-11-17-44)96-55(52)38-93-101(88)98-51-33-57(77-31-30-56(74-67(77)85)73-65(83)43-14-8-5-9-15-43)94-53(51)36-91-69(45-18-12-7-13-19-45,46-21-25-48(89-3)26-22-46)47-23-27-49(90-4)28-24-47/h5-19,21-28,30-31,35,39-40,50-55,57-59,87-88H,20,29,32-34,36-38H2,1-4H3,(H,76,82,86)(H,70,71,75,84)(H,73,74,83,85)/t50-,51-,52-,53+,54+,55+,57+,58?,59+,100?,101?/m0/s1. The summed E-state index contributed by atoms with van der Waals surface area (Å²) in [6.07, 6.45) is -4.86.